The number of hydrogen-bond acceptors (Lipinski definition) is 2. The van der Waals surface area contributed by atoms with Crippen molar-refractivity contribution in [1.82, 2.24) is 0 Å². The number of oxime groups is 1. The van der Waals surface area contributed by atoms with Crippen LogP contribution in [0.15, 0.2) is 46.6 Å². The maximum atomic E-state index is 8.77. The SMILES string of the molecule is O/N=C/C1=C(\C#Cc2ccccc2)CCCCCC1. The second-order valence-corrected chi connectivity index (χ2v) is 4.78. The smallest absolute Gasteiger partial charge is 0.0702 e. The van der Waals surface area contributed by atoms with E-state index in [-0.39, 0.29) is 0 Å². The Kier molecular flexibility index (Phi) is 5.25. The molecule has 0 radical (unpaired) electrons. The van der Waals surface area contributed by atoms with E-state index < -0.39 is 0 Å². The topological polar surface area (TPSA) is 32.6 Å². The van der Waals surface area contributed by atoms with E-state index in [1.54, 1.807) is 6.21 Å². The molecule has 0 unspecified atom stereocenters. The monoisotopic (exact) mass is 253 g/mol. The maximum absolute atomic E-state index is 8.77. The van der Waals surface area contributed by atoms with Crippen molar-refractivity contribution in [3.05, 3.63) is 47.0 Å². The normalized spacial score (nSPS) is 20.4. The third-order valence-electron chi connectivity index (χ3n) is 3.36. The standard InChI is InChI=1S/C17H19NO/c19-18-14-17-11-7-2-1-6-10-16(17)13-12-15-8-4-3-5-9-15/h3-5,8-9,14,19H,1-2,6-7,10-11H2/b17-16-,18-14+. The van der Waals surface area contributed by atoms with Gasteiger partial charge in [0.25, 0.3) is 0 Å². The van der Waals surface area contributed by atoms with Gasteiger partial charge in [0.2, 0.25) is 0 Å². The molecule has 2 heteroatoms. The van der Waals surface area contributed by atoms with E-state index in [1.165, 1.54) is 19.3 Å². The van der Waals surface area contributed by atoms with Gasteiger partial charge in [-0.3, -0.25) is 0 Å². The molecule has 0 saturated carbocycles. The van der Waals surface area contributed by atoms with Crippen LogP contribution < -0.4 is 0 Å². The van der Waals surface area contributed by atoms with Gasteiger partial charge in [-0.1, -0.05) is 48.0 Å². The van der Waals surface area contributed by atoms with Crippen molar-refractivity contribution in [2.45, 2.75) is 38.5 Å². The van der Waals surface area contributed by atoms with Gasteiger partial charge >= 0.3 is 0 Å². The molecule has 19 heavy (non-hydrogen) atoms. The first-order valence-electron chi connectivity index (χ1n) is 6.86. The molecule has 0 fully saturated rings. The largest absolute Gasteiger partial charge is 0.411 e. The maximum Gasteiger partial charge on any atom is 0.0702 e. The van der Waals surface area contributed by atoms with Crippen molar-refractivity contribution >= 4 is 6.21 Å². The number of allylic oxidation sites excluding steroid dienone is 2. The molecule has 1 N–H and O–H groups in total. The number of hydrogen-bond donors (Lipinski definition) is 1. The lowest BCUT2D eigenvalue weighted by molar-refractivity contribution is 0.321. The van der Waals surface area contributed by atoms with Gasteiger partial charge in [-0.2, -0.15) is 0 Å². The summed E-state index contributed by atoms with van der Waals surface area (Å²) >= 11 is 0. The van der Waals surface area contributed by atoms with Crippen LogP contribution in [0.1, 0.15) is 44.1 Å². The second-order valence-electron chi connectivity index (χ2n) is 4.78. The zero-order valence-electron chi connectivity index (χ0n) is 11.1. The van der Waals surface area contributed by atoms with E-state index in [1.807, 2.05) is 30.3 Å². The Labute approximate surface area is 114 Å². The summed E-state index contributed by atoms with van der Waals surface area (Å²) in [7, 11) is 0. The molecule has 0 heterocycles. The Morgan fingerprint density at radius 2 is 1.68 bits per heavy atom. The fourth-order valence-corrected chi connectivity index (χ4v) is 2.31. The third kappa shape index (κ3) is 4.30. The van der Waals surface area contributed by atoms with Crippen LogP contribution in [0.2, 0.25) is 0 Å². The Hall–Kier alpha value is -2.01. The molecule has 0 aliphatic heterocycles. The first-order valence-corrected chi connectivity index (χ1v) is 6.86. The molecule has 0 saturated heterocycles. The fourth-order valence-electron chi connectivity index (χ4n) is 2.31. The molecule has 1 aliphatic carbocycles. The molecular formula is C17H19NO. The average Bonchev–Trinajstić information content (AvgIpc) is 2.43. The van der Waals surface area contributed by atoms with Crippen LogP contribution in [0.5, 0.6) is 0 Å². The van der Waals surface area contributed by atoms with Crippen molar-refractivity contribution in [2.24, 2.45) is 5.16 Å². The van der Waals surface area contributed by atoms with Crippen LogP contribution >= 0.6 is 0 Å². The molecule has 1 aliphatic rings. The van der Waals surface area contributed by atoms with Gasteiger partial charge < -0.3 is 5.21 Å². The summed E-state index contributed by atoms with van der Waals surface area (Å²) < 4.78 is 0. The lowest BCUT2D eigenvalue weighted by Gasteiger charge is -2.11. The van der Waals surface area contributed by atoms with Gasteiger partial charge in [0.05, 0.1) is 6.21 Å². The molecule has 0 atom stereocenters. The lowest BCUT2D eigenvalue weighted by Crippen LogP contribution is -1.98. The minimum Gasteiger partial charge on any atom is -0.411 e. The predicted molar refractivity (Wildman–Crippen MR) is 78.3 cm³/mol. The minimum absolute atomic E-state index is 0.961. The molecule has 0 spiro atoms. The summed E-state index contributed by atoms with van der Waals surface area (Å²) in [4.78, 5) is 0. The zero-order valence-corrected chi connectivity index (χ0v) is 11.1. The van der Waals surface area contributed by atoms with Crippen LogP contribution in [0.25, 0.3) is 0 Å². The highest BCUT2D eigenvalue weighted by Crippen LogP contribution is 2.21. The van der Waals surface area contributed by atoms with Crippen molar-refractivity contribution in [2.75, 3.05) is 0 Å². The summed E-state index contributed by atoms with van der Waals surface area (Å²) in [5, 5.41) is 12.0. The van der Waals surface area contributed by atoms with E-state index in [0.29, 0.717) is 0 Å². The summed E-state index contributed by atoms with van der Waals surface area (Å²) in [5.41, 5.74) is 3.24. The molecule has 0 aromatic heterocycles. The summed E-state index contributed by atoms with van der Waals surface area (Å²) in [6.07, 6.45) is 8.34. The van der Waals surface area contributed by atoms with E-state index in [0.717, 1.165) is 36.0 Å². The lowest BCUT2D eigenvalue weighted by atomic mass is 9.94. The predicted octanol–water partition coefficient (Wildman–Crippen LogP) is 4.15. The Morgan fingerprint density at radius 3 is 2.42 bits per heavy atom. The van der Waals surface area contributed by atoms with Gasteiger partial charge in [0.15, 0.2) is 0 Å². The van der Waals surface area contributed by atoms with Crippen molar-refractivity contribution in [3.63, 3.8) is 0 Å². The number of rotatable bonds is 1. The summed E-state index contributed by atoms with van der Waals surface area (Å²) in [6, 6.07) is 10.00. The van der Waals surface area contributed by atoms with Crippen LogP contribution in [-0.4, -0.2) is 11.4 Å². The zero-order chi connectivity index (χ0) is 13.3. The van der Waals surface area contributed by atoms with Crippen molar-refractivity contribution in [1.29, 1.82) is 0 Å². The van der Waals surface area contributed by atoms with Crippen LogP contribution in [0, 0.1) is 11.8 Å². The summed E-state index contributed by atoms with van der Waals surface area (Å²) in [5.74, 6) is 6.47. The fraction of sp³-hybridized carbons (Fsp3) is 0.353. The van der Waals surface area contributed by atoms with Crippen molar-refractivity contribution in [3.8, 4) is 11.8 Å². The van der Waals surface area contributed by atoms with Gasteiger partial charge in [-0.25, -0.2) is 0 Å². The molecule has 2 nitrogen and oxygen atoms in total. The Balaban J connectivity index is 2.26. The van der Waals surface area contributed by atoms with E-state index in [2.05, 4.69) is 17.0 Å². The van der Waals surface area contributed by atoms with Crippen LogP contribution in [-0.2, 0) is 0 Å². The first-order chi connectivity index (χ1) is 9.40. The third-order valence-corrected chi connectivity index (χ3v) is 3.36. The van der Waals surface area contributed by atoms with Crippen molar-refractivity contribution < 1.29 is 5.21 Å². The first kappa shape index (κ1) is 13.4. The summed E-state index contributed by atoms with van der Waals surface area (Å²) in [6.45, 7) is 0. The van der Waals surface area contributed by atoms with E-state index in [9.17, 15) is 0 Å². The van der Waals surface area contributed by atoms with Crippen LogP contribution in [0.4, 0.5) is 0 Å². The molecule has 1 aromatic carbocycles. The highest BCUT2D eigenvalue weighted by atomic mass is 16.4. The molecule has 0 amide bonds. The highest BCUT2D eigenvalue weighted by molar-refractivity contribution is 5.80. The number of nitrogens with zero attached hydrogens (tertiary/aromatic N) is 1. The van der Waals surface area contributed by atoms with Gasteiger partial charge in [0, 0.05) is 11.1 Å². The van der Waals surface area contributed by atoms with Crippen LogP contribution in [0.3, 0.4) is 0 Å². The molecule has 1 aromatic rings. The van der Waals surface area contributed by atoms with E-state index >= 15 is 0 Å². The van der Waals surface area contributed by atoms with E-state index in [4.69, 9.17) is 5.21 Å². The van der Waals surface area contributed by atoms with Gasteiger partial charge in [-0.15, -0.1) is 0 Å². The molecule has 0 bridgehead atoms. The van der Waals surface area contributed by atoms with Gasteiger partial charge in [0.1, 0.15) is 0 Å². The second kappa shape index (κ2) is 7.43. The van der Waals surface area contributed by atoms with Gasteiger partial charge in [-0.05, 0) is 43.4 Å². The quantitative estimate of drug-likeness (QED) is 0.347. The number of benzene rings is 1. The molecule has 98 valence electrons. The Bertz CT molecular complexity index is 517. The Morgan fingerprint density at radius 1 is 0.947 bits per heavy atom. The molecular weight excluding hydrogens is 234 g/mol. The highest BCUT2D eigenvalue weighted by Gasteiger charge is 2.07. The average molecular weight is 253 g/mol. The molecule has 2 rings (SSSR count). The minimum atomic E-state index is 0.961.